The molecular weight excluding hydrogens is 328 g/mol. The maximum atomic E-state index is 11.9. The number of esters is 2. The minimum Gasteiger partial charge on any atom is -0.465 e. The molecule has 22 heavy (non-hydrogen) atoms. The molecule has 0 aliphatic carbocycles. The van der Waals surface area contributed by atoms with E-state index in [-0.39, 0.29) is 5.56 Å². The van der Waals surface area contributed by atoms with Gasteiger partial charge < -0.3 is 24.8 Å². The second-order valence-corrected chi connectivity index (χ2v) is 5.55. The summed E-state index contributed by atoms with van der Waals surface area (Å²) in [6.07, 6.45) is 0. The Morgan fingerprint density at radius 1 is 1.18 bits per heavy atom. The van der Waals surface area contributed by atoms with Crippen LogP contribution >= 0.6 is 23.6 Å². The van der Waals surface area contributed by atoms with Gasteiger partial charge in [-0.2, -0.15) is 0 Å². The molecule has 7 nitrogen and oxygen atoms in total. The number of anilines is 1. The van der Waals surface area contributed by atoms with E-state index in [1.165, 1.54) is 14.2 Å². The van der Waals surface area contributed by atoms with Gasteiger partial charge in [-0.25, -0.2) is 9.59 Å². The van der Waals surface area contributed by atoms with Crippen molar-refractivity contribution >= 4 is 45.6 Å². The molecule has 0 aliphatic heterocycles. The lowest BCUT2D eigenvalue weighted by Crippen LogP contribution is -2.31. The number of carbonyl (C=O) groups excluding carboxylic acids is 2. The van der Waals surface area contributed by atoms with Gasteiger partial charge in [-0.1, -0.05) is 0 Å². The molecule has 1 heterocycles. The van der Waals surface area contributed by atoms with Crippen LogP contribution in [0.15, 0.2) is 0 Å². The number of hydrogen-bond donors (Lipinski definition) is 2. The topological polar surface area (TPSA) is 85.9 Å². The summed E-state index contributed by atoms with van der Waals surface area (Å²) in [5.41, 5.74) is 0.759. The molecule has 0 fully saturated rings. The number of rotatable bonds is 6. The molecule has 1 rings (SSSR count). The van der Waals surface area contributed by atoms with Crippen molar-refractivity contribution in [2.24, 2.45) is 0 Å². The van der Waals surface area contributed by atoms with Gasteiger partial charge >= 0.3 is 11.9 Å². The summed E-state index contributed by atoms with van der Waals surface area (Å²) in [6.45, 7) is 2.66. The Morgan fingerprint density at radius 3 is 2.36 bits per heavy atom. The van der Waals surface area contributed by atoms with Crippen LogP contribution in [0.1, 0.15) is 25.6 Å². The fraction of sp³-hybridized carbons (Fsp3) is 0.462. The number of ether oxygens (including phenoxy) is 3. The summed E-state index contributed by atoms with van der Waals surface area (Å²) in [6, 6.07) is 0. The van der Waals surface area contributed by atoms with Gasteiger partial charge in [-0.05, 0) is 24.7 Å². The van der Waals surface area contributed by atoms with E-state index >= 15 is 0 Å². The van der Waals surface area contributed by atoms with Crippen LogP contribution in [-0.4, -0.2) is 51.5 Å². The van der Waals surface area contributed by atoms with E-state index in [0.717, 1.165) is 11.3 Å². The minimum atomic E-state index is -0.550. The molecule has 0 radical (unpaired) electrons. The van der Waals surface area contributed by atoms with Crippen LogP contribution in [0.4, 0.5) is 5.00 Å². The average molecular weight is 346 g/mol. The van der Waals surface area contributed by atoms with E-state index in [1.807, 2.05) is 0 Å². The number of hydrogen-bond acceptors (Lipinski definition) is 7. The Labute approximate surface area is 137 Å². The highest BCUT2D eigenvalue weighted by Gasteiger charge is 2.26. The quantitative estimate of drug-likeness (QED) is 0.456. The molecule has 9 heteroatoms. The molecule has 0 spiro atoms. The highest BCUT2D eigenvalue weighted by atomic mass is 32.1. The number of carbonyl (C=O) groups is 2. The molecule has 0 atom stereocenters. The van der Waals surface area contributed by atoms with E-state index in [4.69, 9.17) is 26.4 Å². The first kappa shape index (κ1) is 18.3. The zero-order valence-electron chi connectivity index (χ0n) is 12.8. The molecule has 2 N–H and O–H groups in total. The Balaban J connectivity index is 3.04. The number of methoxy groups -OCH3 is 3. The molecular formula is C13H18N2O5S2. The van der Waals surface area contributed by atoms with Gasteiger partial charge in [0.05, 0.1) is 26.4 Å². The van der Waals surface area contributed by atoms with Crippen LogP contribution < -0.4 is 10.6 Å². The SMILES string of the molecule is COCCNC(=S)Nc1sc(C(=O)OC)c(C)c1C(=O)OC. The van der Waals surface area contributed by atoms with Crippen molar-refractivity contribution < 1.29 is 23.8 Å². The lowest BCUT2D eigenvalue weighted by molar-refractivity contribution is 0.0601. The van der Waals surface area contributed by atoms with Crippen LogP contribution in [0.2, 0.25) is 0 Å². The molecule has 0 aliphatic rings. The summed E-state index contributed by atoms with van der Waals surface area (Å²) in [5.74, 6) is -1.06. The van der Waals surface area contributed by atoms with Gasteiger partial charge in [0, 0.05) is 13.7 Å². The van der Waals surface area contributed by atoms with Gasteiger partial charge in [-0.3, -0.25) is 0 Å². The van der Waals surface area contributed by atoms with Crippen molar-refractivity contribution in [2.45, 2.75) is 6.92 Å². The maximum absolute atomic E-state index is 11.9. The molecule has 0 unspecified atom stereocenters. The second kappa shape index (κ2) is 8.66. The highest BCUT2D eigenvalue weighted by molar-refractivity contribution is 7.80. The van der Waals surface area contributed by atoms with Crippen molar-refractivity contribution in [2.75, 3.05) is 39.8 Å². The molecule has 0 aromatic carbocycles. The van der Waals surface area contributed by atoms with Gasteiger partial charge in [0.15, 0.2) is 5.11 Å². The van der Waals surface area contributed by atoms with Crippen molar-refractivity contribution in [3.63, 3.8) is 0 Å². The molecule has 1 aromatic rings. The fourth-order valence-corrected chi connectivity index (χ4v) is 3.04. The monoisotopic (exact) mass is 346 g/mol. The Morgan fingerprint density at radius 2 is 1.82 bits per heavy atom. The van der Waals surface area contributed by atoms with Gasteiger partial charge in [0.2, 0.25) is 0 Å². The molecule has 0 saturated heterocycles. The molecule has 122 valence electrons. The number of thiophene rings is 1. The zero-order valence-corrected chi connectivity index (χ0v) is 14.4. The van der Waals surface area contributed by atoms with Crippen LogP contribution in [-0.2, 0) is 14.2 Å². The van der Waals surface area contributed by atoms with Crippen molar-refractivity contribution in [1.29, 1.82) is 0 Å². The maximum Gasteiger partial charge on any atom is 0.348 e. The van der Waals surface area contributed by atoms with Crippen LogP contribution in [0.25, 0.3) is 0 Å². The third-order valence-electron chi connectivity index (χ3n) is 2.73. The third kappa shape index (κ3) is 4.39. The second-order valence-electron chi connectivity index (χ2n) is 4.12. The first-order valence-corrected chi connectivity index (χ1v) is 7.52. The van der Waals surface area contributed by atoms with E-state index in [0.29, 0.717) is 33.7 Å². The van der Waals surface area contributed by atoms with Crippen molar-refractivity contribution in [1.82, 2.24) is 5.32 Å². The Bertz CT molecular complexity index is 571. The lowest BCUT2D eigenvalue weighted by Gasteiger charge is -2.10. The first-order valence-electron chi connectivity index (χ1n) is 6.30. The van der Waals surface area contributed by atoms with Gasteiger partial charge in [0.1, 0.15) is 9.88 Å². The Kier molecular flexibility index (Phi) is 7.22. The summed E-state index contributed by atoms with van der Waals surface area (Å²) in [5, 5.41) is 6.57. The fourth-order valence-electron chi connectivity index (χ4n) is 1.65. The van der Waals surface area contributed by atoms with Gasteiger partial charge in [-0.15, -0.1) is 11.3 Å². The smallest absolute Gasteiger partial charge is 0.348 e. The molecule has 0 bridgehead atoms. The summed E-state index contributed by atoms with van der Waals surface area (Å²) in [7, 11) is 4.14. The third-order valence-corrected chi connectivity index (χ3v) is 4.16. The normalized spacial score (nSPS) is 10.0. The zero-order chi connectivity index (χ0) is 16.7. The summed E-state index contributed by atoms with van der Waals surface area (Å²) < 4.78 is 14.4. The number of nitrogens with one attached hydrogen (secondary N) is 2. The van der Waals surface area contributed by atoms with E-state index in [9.17, 15) is 9.59 Å². The average Bonchev–Trinajstić information content (AvgIpc) is 2.82. The highest BCUT2D eigenvalue weighted by Crippen LogP contribution is 2.34. The summed E-state index contributed by atoms with van der Waals surface area (Å²) >= 11 is 6.22. The standard InChI is InChI=1S/C13H18N2O5S2/c1-7-8(11(16)19-3)10(22-9(7)12(17)20-4)15-13(21)14-5-6-18-2/h5-6H2,1-4H3,(H2,14,15,21). The van der Waals surface area contributed by atoms with Crippen molar-refractivity contribution in [3.8, 4) is 0 Å². The van der Waals surface area contributed by atoms with Crippen LogP contribution in [0.5, 0.6) is 0 Å². The first-order chi connectivity index (χ1) is 10.5. The van der Waals surface area contributed by atoms with Crippen LogP contribution in [0.3, 0.4) is 0 Å². The lowest BCUT2D eigenvalue weighted by atomic mass is 10.1. The van der Waals surface area contributed by atoms with Crippen molar-refractivity contribution in [3.05, 3.63) is 16.0 Å². The van der Waals surface area contributed by atoms with Crippen LogP contribution in [0, 0.1) is 6.92 Å². The summed E-state index contributed by atoms with van der Waals surface area (Å²) in [4.78, 5) is 24.0. The molecule has 0 saturated carbocycles. The predicted molar refractivity (Wildman–Crippen MR) is 87.8 cm³/mol. The molecule has 0 amide bonds. The van der Waals surface area contributed by atoms with E-state index < -0.39 is 11.9 Å². The van der Waals surface area contributed by atoms with E-state index in [2.05, 4.69) is 10.6 Å². The van der Waals surface area contributed by atoms with E-state index in [1.54, 1.807) is 14.0 Å². The molecule has 1 aromatic heterocycles. The Hall–Kier alpha value is -1.71. The van der Waals surface area contributed by atoms with Gasteiger partial charge in [0.25, 0.3) is 0 Å². The predicted octanol–water partition coefficient (Wildman–Crippen LogP) is 1.56. The minimum absolute atomic E-state index is 0.267. The number of thiocarbonyl (C=S) groups is 1. The largest absolute Gasteiger partial charge is 0.465 e.